The van der Waals surface area contributed by atoms with Gasteiger partial charge in [0.2, 0.25) is 5.91 Å². The van der Waals surface area contributed by atoms with E-state index in [0.717, 1.165) is 25.9 Å². The van der Waals surface area contributed by atoms with Crippen molar-refractivity contribution >= 4 is 17.5 Å². The lowest BCUT2D eigenvalue weighted by Gasteiger charge is -2.25. The zero-order valence-corrected chi connectivity index (χ0v) is 7.89. The molecule has 1 heterocycles. The molecule has 0 atom stereocenters. The number of hydrogen-bond donors (Lipinski definition) is 0. The van der Waals surface area contributed by atoms with Crippen molar-refractivity contribution < 1.29 is 4.79 Å². The molecule has 0 spiro atoms. The Morgan fingerprint density at radius 2 is 2.25 bits per heavy atom. The van der Waals surface area contributed by atoms with Crippen molar-refractivity contribution in [3.63, 3.8) is 0 Å². The predicted molar refractivity (Wildman–Crippen MR) is 50.3 cm³/mol. The Morgan fingerprint density at radius 3 is 2.92 bits per heavy atom. The van der Waals surface area contributed by atoms with Gasteiger partial charge in [0.05, 0.1) is 0 Å². The van der Waals surface area contributed by atoms with Gasteiger partial charge in [0, 0.05) is 25.4 Å². The normalized spacial score (nSPS) is 19.1. The molecule has 0 aromatic rings. The lowest BCUT2D eigenvalue weighted by Crippen LogP contribution is -2.35. The lowest BCUT2D eigenvalue weighted by atomic mass is 10.1. The molecule has 12 heavy (non-hydrogen) atoms. The first kappa shape index (κ1) is 9.59. The highest BCUT2D eigenvalue weighted by Gasteiger charge is 2.15. The van der Waals surface area contributed by atoms with E-state index in [2.05, 4.69) is 0 Å². The van der Waals surface area contributed by atoms with Gasteiger partial charge in [-0.15, -0.1) is 11.6 Å². The summed E-state index contributed by atoms with van der Waals surface area (Å²) in [5.74, 6) is 0.808. The van der Waals surface area contributed by atoms with Gasteiger partial charge >= 0.3 is 0 Å². The summed E-state index contributed by atoms with van der Waals surface area (Å²) in [6, 6.07) is 0. The van der Waals surface area contributed by atoms with E-state index in [9.17, 15) is 4.79 Å². The van der Waals surface area contributed by atoms with Crippen molar-refractivity contribution in [3.05, 3.63) is 12.2 Å². The Hall–Kier alpha value is -0.500. The average molecular weight is 188 g/mol. The minimum Gasteiger partial charge on any atom is -0.339 e. The van der Waals surface area contributed by atoms with Gasteiger partial charge in [-0.3, -0.25) is 4.79 Å². The number of rotatable bonds is 3. The summed E-state index contributed by atoms with van der Waals surface area (Å²) in [7, 11) is 0. The van der Waals surface area contributed by atoms with Gasteiger partial charge in [-0.1, -0.05) is 12.2 Å². The molecule has 0 N–H and O–H groups in total. The quantitative estimate of drug-likeness (QED) is 0.488. The summed E-state index contributed by atoms with van der Waals surface area (Å²) in [4.78, 5) is 13.1. The number of halogens is 1. The maximum absolute atomic E-state index is 11.2. The predicted octanol–water partition coefficient (Wildman–Crippen LogP) is 1.79. The number of carbonyl (C=O) groups is 1. The van der Waals surface area contributed by atoms with Crippen LogP contribution >= 0.6 is 11.6 Å². The van der Waals surface area contributed by atoms with Crippen LogP contribution in [0.1, 0.15) is 19.3 Å². The number of likely N-dealkylation sites (tertiary alicyclic amines) is 1. The fourth-order valence-electron chi connectivity index (χ4n) is 1.32. The standard InChI is InChI=1S/C9H14ClNO/c10-6-2-4-8-11-7-3-1-5-9(11)12/h2,4H,1,3,5-8H2. The molecule has 1 aliphatic heterocycles. The van der Waals surface area contributed by atoms with Crippen LogP contribution in [-0.4, -0.2) is 29.8 Å². The molecule has 1 saturated heterocycles. The highest BCUT2D eigenvalue weighted by molar-refractivity contribution is 6.18. The molecule has 0 aromatic heterocycles. The van der Waals surface area contributed by atoms with Gasteiger partial charge in [-0.2, -0.15) is 0 Å². The molecular weight excluding hydrogens is 174 g/mol. The number of allylic oxidation sites excluding steroid dienone is 1. The van der Waals surface area contributed by atoms with Crippen LogP contribution in [0.2, 0.25) is 0 Å². The van der Waals surface area contributed by atoms with E-state index in [-0.39, 0.29) is 5.91 Å². The van der Waals surface area contributed by atoms with Gasteiger partial charge in [-0.25, -0.2) is 0 Å². The number of amides is 1. The van der Waals surface area contributed by atoms with Gasteiger partial charge in [-0.05, 0) is 12.8 Å². The minimum absolute atomic E-state index is 0.278. The fourth-order valence-corrected chi connectivity index (χ4v) is 1.45. The van der Waals surface area contributed by atoms with E-state index in [0.29, 0.717) is 12.3 Å². The first-order valence-corrected chi connectivity index (χ1v) is 4.87. The Morgan fingerprint density at radius 1 is 1.42 bits per heavy atom. The van der Waals surface area contributed by atoms with Crippen molar-refractivity contribution in [3.8, 4) is 0 Å². The Labute approximate surface area is 78.2 Å². The number of alkyl halides is 1. The van der Waals surface area contributed by atoms with Crippen LogP contribution in [0.4, 0.5) is 0 Å². The lowest BCUT2D eigenvalue weighted by molar-refractivity contribution is -0.132. The molecule has 3 heteroatoms. The molecule has 0 saturated carbocycles. The molecule has 0 aliphatic carbocycles. The third-order valence-electron chi connectivity index (χ3n) is 2.00. The minimum atomic E-state index is 0.278. The number of nitrogens with zero attached hydrogens (tertiary/aromatic N) is 1. The van der Waals surface area contributed by atoms with Gasteiger partial charge in [0.1, 0.15) is 0 Å². The Bertz CT molecular complexity index is 179. The molecule has 0 radical (unpaired) electrons. The van der Waals surface area contributed by atoms with E-state index in [1.807, 2.05) is 17.1 Å². The average Bonchev–Trinajstić information content (AvgIpc) is 2.09. The number of carbonyl (C=O) groups excluding carboxylic acids is 1. The molecule has 1 fully saturated rings. The maximum Gasteiger partial charge on any atom is 0.222 e. The first-order chi connectivity index (χ1) is 5.84. The third-order valence-corrected chi connectivity index (χ3v) is 2.18. The van der Waals surface area contributed by atoms with E-state index < -0.39 is 0 Å². The highest BCUT2D eigenvalue weighted by atomic mass is 35.5. The molecule has 0 unspecified atom stereocenters. The summed E-state index contributed by atoms with van der Waals surface area (Å²) in [5.41, 5.74) is 0. The molecule has 0 aromatic carbocycles. The second-order valence-corrected chi connectivity index (χ2v) is 3.23. The molecule has 2 nitrogen and oxygen atoms in total. The fraction of sp³-hybridized carbons (Fsp3) is 0.667. The molecule has 68 valence electrons. The second kappa shape index (κ2) is 5.20. The molecular formula is C9H14ClNO. The zero-order chi connectivity index (χ0) is 8.81. The summed E-state index contributed by atoms with van der Waals surface area (Å²) in [6.07, 6.45) is 6.74. The van der Waals surface area contributed by atoms with Crippen LogP contribution in [0, 0.1) is 0 Å². The Kier molecular flexibility index (Phi) is 4.15. The van der Waals surface area contributed by atoms with Crippen molar-refractivity contribution in [1.82, 2.24) is 4.90 Å². The SMILES string of the molecule is O=C1CCCCN1CC=CCCl. The topological polar surface area (TPSA) is 20.3 Å². The van der Waals surface area contributed by atoms with Crippen LogP contribution < -0.4 is 0 Å². The van der Waals surface area contributed by atoms with Gasteiger partial charge in [0.15, 0.2) is 0 Å². The van der Waals surface area contributed by atoms with E-state index >= 15 is 0 Å². The van der Waals surface area contributed by atoms with E-state index in [4.69, 9.17) is 11.6 Å². The maximum atomic E-state index is 11.2. The van der Waals surface area contributed by atoms with Gasteiger partial charge in [0.25, 0.3) is 0 Å². The van der Waals surface area contributed by atoms with Crippen LogP contribution in [0.15, 0.2) is 12.2 Å². The number of hydrogen-bond acceptors (Lipinski definition) is 1. The zero-order valence-electron chi connectivity index (χ0n) is 7.13. The summed E-state index contributed by atoms with van der Waals surface area (Å²) < 4.78 is 0. The highest BCUT2D eigenvalue weighted by Crippen LogP contribution is 2.09. The van der Waals surface area contributed by atoms with Crippen molar-refractivity contribution in [2.75, 3.05) is 19.0 Å². The third kappa shape index (κ3) is 2.86. The molecule has 1 amide bonds. The summed E-state index contributed by atoms with van der Waals surface area (Å²) >= 11 is 5.47. The van der Waals surface area contributed by atoms with E-state index in [1.54, 1.807) is 0 Å². The summed E-state index contributed by atoms with van der Waals surface area (Å²) in [5, 5.41) is 0. The van der Waals surface area contributed by atoms with Crippen LogP contribution in [0.3, 0.4) is 0 Å². The van der Waals surface area contributed by atoms with Crippen molar-refractivity contribution in [1.29, 1.82) is 0 Å². The number of piperidine rings is 1. The molecule has 1 rings (SSSR count). The largest absolute Gasteiger partial charge is 0.339 e. The van der Waals surface area contributed by atoms with Crippen molar-refractivity contribution in [2.45, 2.75) is 19.3 Å². The smallest absolute Gasteiger partial charge is 0.222 e. The molecule has 1 aliphatic rings. The van der Waals surface area contributed by atoms with Crippen molar-refractivity contribution in [2.24, 2.45) is 0 Å². The van der Waals surface area contributed by atoms with Gasteiger partial charge < -0.3 is 4.90 Å². The monoisotopic (exact) mass is 187 g/mol. The molecule has 0 bridgehead atoms. The first-order valence-electron chi connectivity index (χ1n) is 4.33. The second-order valence-electron chi connectivity index (χ2n) is 2.92. The van der Waals surface area contributed by atoms with E-state index in [1.165, 1.54) is 0 Å². The van der Waals surface area contributed by atoms with Crippen LogP contribution in [-0.2, 0) is 4.79 Å². The Balaban J connectivity index is 2.29. The summed E-state index contributed by atoms with van der Waals surface area (Å²) in [6.45, 7) is 1.64. The van der Waals surface area contributed by atoms with Crippen LogP contribution in [0.25, 0.3) is 0 Å². The van der Waals surface area contributed by atoms with Crippen LogP contribution in [0.5, 0.6) is 0 Å².